The van der Waals surface area contributed by atoms with E-state index >= 15 is 0 Å². The molecule has 0 amide bonds. The summed E-state index contributed by atoms with van der Waals surface area (Å²) < 4.78 is 5.31. The molecule has 0 bridgehead atoms. The summed E-state index contributed by atoms with van der Waals surface area (Å²) in [6, 6.07) is 0. The van der Waals surface area contributed by atoms with E-state index in [4.69, 9.17) is 9.84 Å². The van der Waals surface area contributed by atoms with Crippen molar-refractivity contribution in [3.8, 4) is 0 Å². The summed E-state index contributed by atoms with van der Waals surface area (Å²) in [5.41, 5.74) is -0.701. The van der Waals surface area contributed by atoms with Crippen LogP contribution < -0.4 is 0 Å². The van der Waals surface area contributed by atoms with Crippen LogP contribution in [0.15, 0.2) is 0 Å². The summed E-state index contributed by atoms with van der Waals surface area (Å²) in [5, 5.41) is 8.62. The molecule has 1 saturated heterocycles. The van der Waals surface area contributed by atoms with Gasteiger partial charge in [0.2, 0.25) is 0 Å². The molecule has 1 aliphatic heterocycles. The molecule has 1 N–H and O–H groups in total. The van der Waals surface area contributed by atoms with Gasteiger partial charge < -0.3 is 9.84 Å². The van der Waals surface area contributed by atoms with Gasteiger partial charge >= 0.3 is 0 Å². The van der Waals surface area contributed by atoms with Crippen LogP contribution >= 0.6 is 0 Å². The van der Waals surface area contributed by atoms with Crippen LogP contribution in [0, 0.1) is 0 Å². The smallest absolute Gasteiger partial charge is 0.189 e. The van der Waals surface area contributed by atoms with Gasteiger partial charge in [0.1, 0.15) is 12.2 Å². The van der Waals surface area contributed by atoms with Crippen LogP contribution in [0.2, 0.25) is 0 Å². The topological polar surface area (TPSA) is 46.5 Å². The van der Waals surface area contributed by atoms with E-state index in [1.165, 1.54) is 0 Å². The van der Waals surface area contributed by atoms with Gasteiger partial charge in [-0.3, -0.25) is 4.79 Å². The quantitative estimate of drug-likeness (QED) is 0.636. The van der Waals surface area contributed by atoms with Gasteiger partial charge in [0.15, 0.2) is 5.78 Å². The van der Waals surface area contributed by atoms with Gasteiger partial charge in [-0.1, -0.05) is 0 Å². The average molecular weight is 158 g/mol. The van der Waals surface area contributed by atoms with Crippen molar-refractivity contribution in [2.45, 2.75) is 31.8 Å². The van der Waals surface area contributed by atoms with Crippen LogP contribution in [0.3, 0.4) is 0 Å². The van der Waals surface area contributed by atoms with Gasteiger partial charge in [-0.05, 0) is 26.2 Å². The highest BCUT2D eigenvalue weighted by Gasteiger charge is 2.34. The first-order valence-corrected chi connectivity index (χ1v) is 3.97. The maximum absolute atomic E-state index is 11.1. The van der Waals surface area contributed by atoms with Gasteiger partial charge in [-0.15, -0.1) is 0 Å². The Hall–Kier alpha value is -0.410. The fourth-order valence-electron chi connectivity index (χ4n) is 1.32. The third kappa shape index (κ3) is 1.79. The lowest BCUT2D eigenvalue weighted by Gasteiger charge is -2.31. The average Bonchev–Trinajstić information content (AvgIpc) is 2.04. The molecular weight excluding hydrogens is 144 g/mol. The highest BCUT2D eigenvalue weighted by atomic mass is 16.5. The minimum atomic E-state index is -0.701. The Morgan fingerprint density at radius 2 is 2.36 bits per heavy atom. The van der Waals surface area contributed by atoms with Crippen LogP contribution in [0.4, 0.5) is 0 Å². The molecule has 1 unspecified atom stereocenters. The van der Waals surface area contributed by atoms with Crippen molar-refractivity contribution < 1.29 is 14.6 Å². The summed E-state index contributed by atoms with van der Waals surface area (Å²) in [7, 11) is 0. The highest BCUT2D eigenvalue weighted by Crippen LogP contribution is 2.24. The van der Waals surface area contributed by atoms with E-state index in [1.807, 2.05) is 0 Å². The molecule has 1 heterocycles. The van der Waals surface area contributed by atoms with Crippen LogP contribution in [-0.4, -0.2) is 29.7 Å². The molecule has 0 saturated carbocycles. The molecule has 1 rings (SSSR count). The second kappa shape index (κ2) is 3.32. The zero-order valence-corrected chi connectivity index (χ0v) is 6.80. The van der Waals surface area contributed by atoms with Gasteiger partial charge in [0.25, 0.3) is 0 Å². The van der Waals surface area contributed by atoms with Crippen molar-refractivity contribution in [1.82, 2.24) is 0 Å². The van der Waals surface area contributed by atoms with E-state index in [-0.39, 0.29) is 5.78 Å². The van der Waals surface area contributed by atoms with E-state index in [0.717, 1.165) is 19.3 Å². The number of carbonyl (C=O) groups is 1. The predicted octanol–water partition coefficient (Wildman–Crippen LogP) is 0.507. The number of hydrogen-bond acceptors (Lipinski definition) is 3. The Morgan fingerprint density at radius 1 is 1.64 bits per heavy atom. The third-order valence-electron chi connectivity index (χ3n) is 2.20. The second-order valence-electron chi connectivity index (χ2n) is 3.12. The summed E-state index contributed by atoms with van der Waals surface area (Å²) in [6.45, 7) is 1.99. The number of aliphatic hydroxyl groups excluding tert-OH is 1. The Labute approximate surface area is 66.4 Å². The summed E-state index contributed by atoms with van der Waals surface area (Å²) in [5.74, 6) is -0.197. The first kappa shape index (κ1) is 8.68. The largest absolute Gasteiger partial charge is 0.388 e. The minimum absolute atomic E-state index is 0.197. The van der Waals surface area contributed by atoms with Gasteiger partial charge in [0.05, 0.1) is 0 Å². The Bertz CT molecular complexity index is 147. The lowest BCUT2D eigenvalue weighted by molar-refractivity contribution is -0.150. The lowest BCUT2D eigenvalue weighted by Crippen LogP contribution is -2.42. The molecule has 3 heteroatoms. The van der Waals surface area contributed by atoms with Crippen molar-refractivity contribution in [2.24, 2.45) is 0 Å². The highest BCUT2D eigenvalue weighted by molar-refractivity contribution is 5.87. The SMILES string of the molecule is CC1(C(=O)CO)CCCCO1. The number of ether oxygens (including phenoxy) is 1. The molecule has 0 aromatic carbocycles. The van der Waals surface area contributed by atoms with E-state index in [0.29, 0.717) is 6.61 Å². The molecule has 64 valence electrons. The van der Waals surface area contributed by atoms with Crippen LogP contribution in [0.1, 0.15) is 26.2 Å². The molecule has 0 aromatic rings. The molecular formula is C8H14O3. The Balaban J connectivity index is 2.56. The Kier molecular flexibility index (Phi) is 2.62. The maximum atomic E-state index is 11.1. The lowest BCUT2D eigenvalue weighted by atomic mass is 9.92. The first-order chi connectivity index (χ1) is 5.19. The van der Waals surface area contributed by atoms with Gasteiger partial charge in [-0.25, -0.2) is 0 Å². The standard InChI is InChI=1S/C8H14O3/c1-8(7(10)6-9)4-2-3-5-11-8/h9H,2-6H2,1H3. The van der Waals surface area contributed by atoms with Crippen LogP contribution in [-0.2, 0) is 9.53 Å². The van der Waals surface area contributed by atoms with E-state index in [1.54, 1.807) is 6.92 Å². The van der Waals surface area contributed by atoms with E-state index in [2.05, 4.69) is 0 Å². The molecule has 3 nitrogen and oxygen atoms in total. The Morgan fingerprint density at radius 3 is 2.82 bits per heavy atom. The number of Topliss-reactive ketones (excluding diaryl/α,β-unsaturated/α-hetero) is 1. The van der Waals surface area contributed by atoms with Crippen molar-refractivity contribution in [3.05, 3.63) is 0 Å². The molecule has 1 fully saturated rings. The predicted molar refractivity (Wildman–Crippen MR) is 40.3 cm³/mol. The number of ketones is 1. The molecule has 0 aromatic heterocycles. The molecule has 1 atom stereocenters. The molecule has 0 aliphatic carbocycles. The number of aliphatic hydroxyl groups is 1. The fourth-order valence-corrected chi connectivity index (χ4v) is 1.32. The normalized spacial score (nSPS) is 31.8. The van der Waals surface area contributed by atoms with Crippen molar-refractivity contribution >= 4 is 5.78 Å². The molecule has 0 radical (unpaired) electrons. The number of hydrogen-bond donors (Lipinski definition) is 1. The van der Waals surface area contributed by atoms with Crippen molar-refractivity contribution in [2.75, 3.05) is 13.2 Å². The maximum Gasteiger partial charge on any atom is 0.189 e. The zero-order chi connectivity index (χ0) is 8.32. The first-order valence-electron chi connectivity index (χ1n) is 3.97. The van der Waals surface area contributed by atoms with E-state index in [9.17, 15) is 4.79 Å². The second-order valence-corrected chi connectivity index (χ2v) is 3.12. The minimum Gasteiger partial charge on any atom is -0.388 e. The molecule has 0 spiro atoms. The van der Waals surface area contributed by atoms with Crippen LogP contribution in [0.25, 0.3) is 0 Å². The monoisotopic (exact) mass is 158 g/mol. The summed E-state index contributed by atoms with van der Waals surface area (Å²) in [6.07, 6.45) is 2.78. The van der Waals surface area contributed by atoms with Crippen molar-refractivity contribution in [1.29, 1.82) is 0 Å². The number of rotatable bonds is 2. The van der Waals surface area contributed by atoms with Gasteiger partial charge in [-0.2, -0.15) is 0 Å². The molecule has 11 heavy (non-hydrogen) atoms. The fraction of sp³-hybridized carbons (Fsp3) is 0.875. The molecule has 1 aliphatic rings. The van der Waals surface area contributed by atoms with E-state index < -0.39 is 12.2 Å². The summed E-state index contributed by atoms with van der Waals surface area (Å²) >= 11 is 0. The van der Waals surface area contributed by atoms with Crippen molar-refractivity contribution in [3.63, 3.8) is 0 Å². The van der Waals surface area contributed by atoms with Crippen LogP contribution in [0.5, 0.6) is 0 Å². The third-order valence-corrected chi connectivity index (χ3v) is 2.20. The summed E-state index contributed by atoms with van der Waals surface area (Å²) in [4.78, 5) is 11.1. The van der Waals surface area contributed by atoms with Gasteiger partial charge in [0, 0.05) is 6.61 Å². The number of carbonyl (C=O) groups excluding carboxylic acids is 1. The zero-order valence-electron chi connectivity index (χ0n) is 6.80.